The van der Waals surface area contributed by atoms with Gasteiger partial charge in [0.25, 0.3) is 5.91 Å². The zero-order valence-electron chi connectivity index (χ0n) is 7.74. The van der Waals surface area contributed by atoms with Gasteiger partial charge in [0, 0.05) is 3.57 Å². The molecule has 0 saturated heterocycles. The van der Waals surface area contributed by atoms with Crippen LogP contribution in [0.15, 0.2) is 47.1 Å². The van der Waals surface area contributed by atoms with Crippen molar-refractivity contribution in [3.05, 3.63) is 52.0 Å². The van der Waals surface area contributed by atoms with Crippen LogP contribution < -0.4 is 5.32 Å². The van der Waals surface area contributed by atoms with Crippen LogP contribution in [-0.2, 0) is 0 Å². The molecule has 1 aromatic heterocycles. The van der Waals surface area contributed by atoms with Gasteiger partial charge in [0.1, 0.15) is 0 Å². The molecule has 0 atom stereocenters. The molecule has 0 aliphatic carbocycles. The third-order valence-corrected chi connectivity index (χ3v) is 2.81. The molecule has 0 unspecified atom stereocenters. The van der Waals surface area contributed by atoms with Crippen molar-refractivity contribution in [1.29, 1.82) is 0 Å². The fourth-order valence-corrected chi connectivity index (χ4v) is 1.68. The molecule has 1 N–H and O–H groups in total. The fourth-order valence-electron chi connectivity index (χ4n) is 1.15. The van der Waals surface area contributed by atoms with Crippen molar-refractivity contribution in [2.75, 3.05) is 5.32 Å². The van der Waals surface area contributed by atoms with Gasteiger partial charge in [0.2, 0.25) is 0 Å². The van der Waals surface area contributed by atoms with E-state index in [9.17, 15) is 4.79 Å². The van der Waals surface area contributed by atoms with Crippen molar-refractivity contribution in [2.24, 2.45) is 0 Å². The largest absolute Gasteiger partial charge is 0.459 e. The van der Waals surface area contributed by atoms with Crippen LogP contribution in [0.25, 0.3) is 0 Å². The van der Waals surface area contributed by atoms with Gasteiger partial charge >= 0.3 is 0 Å². The first kappa shape index (κ1) is 10.2. The molecule has 15 heavy (non-hydrogen) atoms. The second kappa shape index (κ2) is 4.48. The minimum Gasteiger partial charge on any atom is -0.459 e. The molecule has 0 spiro atoms. The number of anilines is 1. The van der Waals surface area contributed by atoms with E-state index in [4.69, 9.17) is 4.42 Å². The minimum absolute atomic E-state index is 0.232. The molecular formula is C11H8INO2. The summed E-state index contributed by atoms with van der Waals surface area (Å²) < 4.78 is 5.99. The third-order valence-electron chi connectivity index (χ3n) is 1.87. The highest BCUT2D eigenvalue weighted by molar-refractivity contribution is 14.1. The summed E-state index contributed by atoms with van der Waals surface area (Å²) in [6.45, 7) is 0. The molecule has 1 aromatic carbocycles. The Kier molecular flexibility index (Phi) is 3.05. The van der Waals surface area contributed by atoms with Crippen LogP contribution in [0.3, 0.4) is 0 Å². The highest BCUT2D eigenvalue weighted by Gasteiger charge is 2.09. The number of nitrogens with one attached hydrogen (secondary N) is 1. The van der Waals surface area contributed by atoms with Crippen LogP contribution in [0.1, 0.15) is 10.6 Å². The van der Waals surface area contributed by atoms with Crippen LogP contribution in [0.2, 0.25) is 0 Å². The van der Waals surface area contributed by atoms with E-state index >= 15 is 0 Å². The zero-order valence-corrected chi connectivity index (χ0v) is 9.89. The summed E-state index contributed by atoms with van der Waals surface area (Å²) >= 11 is 2.17. The lowest BCUT2D eigenvalue weighted by Gasteiger charge is -2.04. The van der Waals surface area contributed by atoms with Crippen LogP contribution >= 0.6 is 22.6 Å². The maximum absolute atomic E-state index is 11.6. The number of hydrogen-bond donors (Lipinski definition) is 1. The van der Waals surface area contributed by atoms with Crippen molar-refractivity contribution in [1.82, 2.24) is 0 Å². The van der Waals surface area contributed by atoms with Gasteiger partial charge in [-0.25, -0.2) is 0 Å². The number of furan rings is 1. The number of halogens is 1. The van der Waals surface area contributed by atoms with Crippen LogP contribution in [0.5, 0.6) is 0 Å². The average Bonchev–Trinajstić information content (AvgIpc) is 2.74. The van der Waals surface area contributed by atoms with Crippen molar-refractivity contribution in [2.45, 2.75) is 0 Å². The van der Waals surface area contributed by atoms with Crippen LogP contribution in [0.4, 0.5) is 5.69 Å². The molecule has 2 aromatic rings. The number of rotatable bonds is 2. The summed E-state index contributed by atoms with van der Waals surface area (Å²) in [5.41, 5.74) is 0.791. The summed E-state index contributed by atoms with van der Waals surface area (Å²) in [5.74, 6) is 0.0822. The number of benzene rings is 1. The lowest BCUT2D eigenvalue weighted by atomic mass is 10.3. The maximum atomic E-state index is 11.6. The zero-order chi connectivity index (χ0) is 10.7. The maximum Gasteiger partial charge on any atom is 0.291 e. The molecule has 0 aliphatic rings. The van der Waals surface area contributed by atoms with E-state index in [0.29, 0.717) is 5.76 Å². The first-order chi connectivity index (χ1) is 7.27. The molecule has 1 amide bonds. The van der Waals surface area contributed by atoms with E-state index in [1.165, 1.54) is 6.26 Å². The van der Waals surface area contributed by atoms with Gasteiger partial charge in [-0.05, 0) is 46.9 Å². The molecule has 4 heteroatoms. The normalized spacial score (nSPS) is 9.93. The van der Waals surface area contributed by atoms with Gasteiger partial charge in [-0.1, -0.05) is 12.1 Å². The van der Waals surface area contributed by atoms with Crippen molar-refractivity contribution in [3.8, 4) is 0 Å². The lowest BCUT2D eigenvalue weighted by Crippen LogP contribution is -2.11. The SMILES string of the molecule is O=C(Nc1ccccc1I)c1ccco1. The molecule has 1 heterocycles. The fraction of sp³-hybridized carbons (Fsp3) is 0. The molecule has 0 fully saturated rings. The van der Waals surface area contributed by atoms with Gasteiger partial charge in [-0.2, -0.15) is 0 Å². The minimum atomic E-state index is -0.232. The first-order valence-electron chi connectivity index (χ1n) is 4.37. The van der Waals surface area contributed by atoms with Gasteiger partial charge in [-0.3, -0.25) is 4.79 Å². The van der Waals surface area contributed by atoms with E-state index in [1.807, 2.05) is 24.3 Å². The third kappa shape index (κ3) is 2.38. The number of amides is 1. The molecular weight excluding hydrogens is 305 g/mol. The summed E-state index contributed by atoms with van der Waals surface area (Å²) in [4.78, 5) is 11.6. The Morgan fingerprint density at radius 2 is 2.00 bits per heavy atom. The summed E-state index contributed by atoms with van der Waals surface area (Å²) in [7, 11) is 0. The predicted molar refractivity (Wildman–Crippen MR) is 65.8 cm³/mol. The van der Waals surface area contributed by atoms with Crippen molar-refractivity contribution < 1.29 is 9.21 Å². The summed E-state index contributed by atoms with van der Waals surface area (Å²) in [6, 6.07) is 10.9. The Balaban J connectivity index is 2.17. The van der Waals surface area contributed by atoms with Gasteiger partial charge in [0.15, 0.2) is 5.76 Å². The first-order valence-corrected chi connectivity index (χ1v) is 5.44. The quantitative estimate of drug-likeness (QED) is 0.866. The lowest BCUT2D eigenvalue weighted by molar-refractivity contribution is 0.0996. The van der Waals surface area contributed by atoms with E-state index < -0.39 is 0 Å². The molecule has 0 aliphatic heterocycles. The van der Waals surface area contributed by atoms with Crippen LogP contribution in [0, 0.1) is 3.57 Å². The number of hydrogen-bond acceptors (Lipinski definition) is 2. The van der Waals surface area contributed by atoms with Crippen molar-refractivity contribution >= 4 is 34.2 Å². The molecule has 3 nitrogen and oxygen atoms in total. The Morgan fingerprint density at radius 3 is 2.67 bits per heavy atom. The Labute approximate surface area is 101 Å². The molecule has 0 bridgehead atoms. The van der Waals surface area contributed by atoms with Gasteiger partial charge in [-0.15, -0.1) is 0 Å². The standard InChI is InChI=1S/C11H8INO2/c12-8-4-1-2-5-9(8)13-11(14)10-6-3-7-15-10/h1-7H,(H,13,14). The Morgan fingerprint density at radius 1 is 1.20 bits per heavy atom. The second-order valence-corrected chi connectivity index (χ2v) is 4.07. The van der Waals surface area contributed by atoms with E-state index in [2.05, 4.69) is 27.9 Å². The molecule has 76 valence electrons. The van der Waals surface area contributed by atoms with Gasteiger partial charge in [0.05, 0.1) is 12.0 Å². The summed E-state index contributed by atoms with van der Waals surface area (Å²) in [5, 5.41) is 2.77. The van der Waals surface area contributed by atoms with Crippen molar-refractivity contribution in [3.63, 3.8) is 0 Å². The smallest absolute Gasteiger partial charge is 0.291 e. The number of carbonyl (C=O) groups is 1. The second-order valence-electron chi connectivity index (χ2n) is 2.91. The molecule has 2 rings (SSSR count). The van der Waals surface area contributed by atoms with E-state index in [0.717, 1.165) is 9.26 Å². The topological polar surface area (TPSA) is 42.2 Å². The monoisotopic (exact) mass is 313 g/mol. The Bertz CT molecular complexity index is 465. The predicted octanol–water partition coefficient (Wildman–Crippen LogP) is 3.14. The highest BCUT2D eigenvalue weighted by Crippen LogP contribution is 2.17. The van der Waals surface area contributed by atoms with E-state index in [-0.39, 0.29) is 5.91 Å². The highest BCUT2D eigenvalue weighted by atomic mass is 127. The number of para-hydroxylation sites is 1. The average molecular weight is 313 g/mol. The van der Waals surface area contributed by atoms with E-state index in [1.54, 1.807) is 12.1 Å². The molecule has 0 saturated carbocycles. The summed E-state index contributed by atoms with van der Waals surface area (Å²) in [6.07, 6.45) is 1.48. The number of carbonyl (C=O) groups excluding carboxylic acids is 1. The van der Waals surface area contributed by atoms with Crippen LogP contribution in [-0.4, -0.2) is 5.91 Å². The Hall–Kier alpha value is -1.30. The van der Waals surface area contributed by atoms with Gasteiger partial charge < -0.3 is 9.73 Å². The molecule has 0 radical (unpaired) electrons.